The van der Waals surface area contributed by atoms with Crippen molar-refractivity contribution in [2.24, 2.45) is 5.73 Å². The van der Waals surface area contributed by atoms with Gasteiger partial charge in [0.25, 0.3) is 0 Å². The quantitative estimate of drug-likeness (QED) is 0.451. The molecule has 1 atom stereocenters. The zero-order valence-corrected chi connectivity index (χ0v) is 11.2. The summed E-state index contributed by atoms with van der Waals surface area (Å²) in [6.07, 6.45) is -0.164. The second-order valence-electron chi connectivity index (χ2n) is 3.63. The molecule has 0 aliphatic carbocycles. The number of nitrogens with two attached hydrogens (primary N) is 1. The average Bonchev–Trinajstić information content (AvgIpc) is 2.34. The molecular weight excluding hydrogens is 274 g/mol. The Morgan fingerprint density at radius 3 is 1.90 bits per heavy atom. The van der Waals surface area contributed by atoms with Crippen LogP contribution >= 0.6 is 0 Å². The SMILES string of the molecule is CC(=O)OCOC(=O)CC[C@H](N)C(=O)OCOC(C)=O. The van der Waals surface area contributed by atoms with Crippen LogP contribution in [0.25, 0.3) is 0 Å². The van der Waals surface area contributed by atoms with Gasteiger partial charge in [-0.2, -0.15) is 0 Å². The van der Waals surface area contributed by atoms with Gasteiger partial charge in [-0.3, -0.25) is 19.2 Å². The van der Waals surface area contributed by atoms with Crippen LogP contribution in [0.5, 0.6) is 0 Å². The average molecular weight is 291 g/mol. The van der Waals surface area contributed by atoms with Gasteiger partial charge < -0.3 is 24.7 Å². The summed E-state index contributed by atoms with van der Waals surface area (Å²) < 4.78 is 17.8. The molecule has 0 spiro atoms. The topological polar surface area (TPSA) is 131 Å². The number of carbonyl (C=O) groups is 4. The Labute approximate surface area is 115 Å². The van der Waals surface area contributed by atoms with E-state index in [1.165, 1.54) is 6.92 Å². The van der Waals surface area contributed by atoms with Crippen molar-refractivity contribution in [1.82, 2.24) is 0 Å². The number of ether oxygens (including phenoxy) is 4. The zero-order valence-electron chi connectivity index (χ0n) is 11.2. The molecule has 0 saturated heterocycles. The van der Waals surface area contributed by atoms with Crippen LogP contribution in [0.3, 0.4) is 0 Å². The summed E-state index contributed by atoms with van der Waals surface area (Å²) in [4.78, 5) is 43.3. The minimum Gasteiger partial charge on any atom is -0.428 e. The van der Waals surface area contributed by atoms with Gasteiger partial charge in [-0.25, -0.2) is 0 Å². The Bertz CT molecular complexity index is 367. The molecule has 0 saturated carbocycles. The molecule has 0 aliphatic rings. The van der Waals surface area contributed by atoms with Crippen molar-refractivity contribution in [2.75, 3.05) is 13.6 Å². The summed E-state index contributed by atoms with van der Waals surface area (Å²) in [5.41, 5.74) is 5.45. The molecule has 20 heavy (non-hydrogen) atoms. The largest absolute Gasteiger partial charge is 0.428 e. The van der Waals surface area contributed by atoms with Gasteiger partial charge in [0.05, 0.1) is 0 Å². The minimum atomic E-state index is -1.05. The fourth-order valence-corrected chi connectivity index (χ4v) is 0.919. The first kappa shape index (κ1) is 17.8. The van der Waals surface area contributed by atoms with Crippen molar-refractivity contribution in [3.63, 3.8) is 0 Å². The van der Waals surface area contributed by atoms with Crippen LogP contribution in [-0.4, -0.2) is 43.5 Å². The Balaban J connectivity index is 3.76. The highest BCUT2D eigenvalue weighted by molar-refractivity contribution is 5.77. The Morgan fingerprint density at radius 2 is 1.40 bits per heavy atom. The first-order valence-corrected chi connectivity index (χ1v) is 5.67. The lowest BCUT2D eigenvalue weighted by Crippen LogP contribution is -2.33. The van der Waals surface area contributed by atoms with E-state index in [1.54, 1.807) is 0 Å². The van der Waals surface area contributed by atoms with E-state index in [0.29, 0.717) is 0 Å². The predicted molar refractivity (Wildman–Crippen MR) is 62.7 cm³/mol. The highest BCUT2D eigenvalue weighted by Crippen LogP contribution is 2.00. The molecule has 114 valence electrons. The van der Waals surface area contributed by atoms with Crippen molar-refractivity contribution < 1.29 is 38.1 Å². The van der Waals surface area contributed by atoms with E-state index < -0.39 is 43.5 Å². The first-order valence-electron chi connectivity index (χ1n) is 5.67. The molecule has 0 aromatic rings. The fourth-order valence-electron chi connectivity index (χ4n) is 0.919. The van der Waals surface area contributed by atoms with Gasteiger partial charge >= 0.3 is 23.9 Å². The highest BCUT2D eigenvalue weighted by Gasteiger charge is 2.17. The molecule has 0 aliphatic heterocycles. The molecule has 0 fully saturated rings. The lowest BCUT2D eigenvalue weighted by Gasteiger charge is -2.11. The van der Waals surface area contributed by atoms with Crippen LogP contribution in [0.1, 0.15) is 26.7 Å². The summed E-state index contributed by atoms with van der Waals surface area (Å²) >= 11 is 0. The normalized spacial score (nSPS) is 11.2. The van der Waals surface area contributed by atoms with Crippen molar-refractivity contribution in [3.05, 3.63) is 0 Å². The molecule has 0 heterocycles. The summed E-state index contributed by atoms with van der Waals surface area (Å²) in [5, 5.41) is 0. The molecule has 0 aromatic carbocycles. The second kappa shape index (κ2) is 9.73. The number of carbonyl (C=O) groups excluding carboxylic acids is 4. The number of hydrogen-bond donors (Lipinski definition) is 1. The second-order valence-corrected chi connectivity index (χ2v) is 3.63. The van der Waals surface area contributed by atoms with E-state index in [9.17, 15) is 19.2 Å². The smallest absolute Gasteiger partial charge is 0.325 e. The van der Waals surface area contributed by atoms with Crippen LogP contribution in [0, 0.1) is 0 Å². The third-order valence-electron chi connectivity index (χ3n) is 1.91. The minimum absolute atomic E-state index is 0.0161. The molecule has 0 aromatic heterocycles. The summed E-state index contributed by atoms with van der Waals surface area (Å²) in [7, 11) is 0. The number of rotatable bonds is 8. The van der Waals surface area contributed by atoms with Gasteiger partial charge in [0.1, 0.15) is 6.04 Å². The molecular formula is C11H17NO8. The maximum atomic E-state index is 11.3. The van der Waals surface area contributed by atoms with E-state index in [1.807, 2.05) is 0 Å². The summed E-state index contributed by atoms with van der Waals surface area (Å²) in [6, 6.07) is -1.05. The first-order chi connectivity index (χ1) is 9.32. The van der Waals surface area contributed by atoms with Crippen LogP contribution in [-0.2, 0) is 38.1 Å². The van der Waals surface area contributed by atoms with E-state index >= 15 is 0 Å². The maximum absolute atomic E-state index is 11.3. The van der Waals surface area contributed by atoms with Crippen molar-refractivity contribution in [3.8, 4) is 0 Å². The maximum Gasteiger partial charge on any atom is 0.325 e. The lowest BCUT2D eigenvalue weighted by atomic mass is 10.2. The van der Waals surface area contributed by atoms with Crippen LogP contribution in [0.15, 0.2) is 0 Å². The monoisotopic (exact) mass is 291 g/mol. The standard InChI is InChI=1S/C11H17NO8/c1-7(13)17-5-19-10(15)4-3-9(12)11(16)20-6-18-8(2)14/h9H,3-6,12H2,1-2H3/t9-/m0/s1. The molecule has 0 amide bonds. The molecule has 0 unspecified atom stereocenters. The number of esters is 4. The zero-order chi connectivity index (χ0) is 15.5. The van der Waals surface area contributed by atoms with Crippen molar-refractivity contribution in [2.45, 2.75) is 32.7 Å². The van der Waals surface area contributed by atoms with E-state index in [4.69, 9.17) is 5.73 Å². The predicted octanol–water partition coefficient (Wildman–Crippen LogP) is -0.778. The third kappa shape index (κ3) is 9.83. The van der Waals surface area contributed by atoms with Crippen LogP contribution in [0.4, 0.5) is 0 Å². The van der Waals surface area contributed by atoms with Crippen molar-refractivity contribution >= 4 is 23.9 Å². The van der Waals surface area contributed by atoms with E-state index in [2.05, 4.69) is 18.9 Å². The number of hydrogen-bond acceptors (Lipinski definition) is 9. The van der Waals surface area contributed by atoms with Gasteiger partial charge in [0, 0.05) is 20.3 Å². The van der Waals surface area contributed by atoms with Gasteiger partial charge in [-0.15, -0.1) is 0 Å². The Hall–Kier alpha value is -2.16. The van der Waals surface area contributed by atoms with E-state index in [-0.39, 0.29) is 12.8 Å². The van der Waals surface area contributed by atoms with Gasteiger partial charge in [0.15, 0.2) is 0 Å². The van der Waals surface area contributed by atoms with E-state index in [0.717, 1.165) is 6.92 Å². The lowest BCUT2D eigenvalue weighted by molar-refractivity contribution is -0.166. The van der Waals surface area contributed by atoms with Gasteiger partial charge in [-0.1, -0.05) is 0 Å². The molecule has 9 nitrogen and oxygen atoms in total. The third-order valence-corrected chi connectivity index (χ3v) is 1.91. The highest BCUT2D eigenvalue weighted by atomic mass is 16.7. The molecule has 9 heteroatoms. The van der Waals surface area contributed by atoms with Gasteiger partial charge in [-0.05, 0) is 6.42 Å². The Kier molecular flexibility index (Phi) is 8.68. The van der Waals surface area contributed by atoms with Crippen molar-refractivity contribution in [1.29, 1.82) is 0 Å². The molecule has 0 radical (unpaired) electrons. The van der Waals surface area contributed by atoms with Crippen LogP contribution in [0.2, 0.25) is 0 Å². The molecule has 0 bridgehead atoms. The molecule has 0 rings (SSSR count). The summed E-state index contributed by atoms with van der Waals surface area (Å²) in [5.74, 6) is -2.66. The van der Waals surface area contributed by atoms with Crippen LogP contribution < -0.4 is 5.73 Å². The Morgan fingerprint density at radius 1 is 0.900 bits per heavy atom. The fraction of sp³-hybridized carbons (Fsp3) is 0.636. The molecule has 2 N–H and O–H groups in total. The van der Waals surface area contributed by atoms with Gasteiger partial charge in [0.2, 0.25) is 13.6 Å². The summed E-state index contributed by atoms with van der Waals surface area (Å²) in [6.45, 7) is 1.31.